The van der Waals surface area contributed by atoms with Gasteiger partial charge in [-0.25, -0.2) is 0 Å². The molecule has 0 unspecified atom stereocenters. The Morgan fingerprint density at radius 2 is 1.88 bits per heavy atom. The summed E-state index contributed by atoms with van der Waals surface area (Å²) in [7, 11) is 0. The number of ketones is 1. The van der Waals surface area contributed by atoms with Gasteiger partial charge in [-0.1, -0.05) is 59.2 Å². The number of aromatic nitrogens is 1. The number of nitrogens with zero attached hydrogens (tertiary/aromatic N) is 1. The number of amides is 1. The molecule has 0 fully saturated rings. The Morgan fingerprint density at radius 1 is 1.12 bits per heavy atom. The van der Waals surface area contributed by atoms with E-state index in [1.165, 1.54) is 0 Å². The molecule has 3 aromatic rings. The van der Waals surface area contributed by atoms with E-state index in [2.05, 4.69) is 10.5 Å². The van der Waals surface area contributed by atoms with Crippen LogP contribution in [0.25, 0.3) is 11.3 Å². The van der Waals surface area contributed by atoms with Gasteiger partial charge in [0.25, 0.3) is 5.91 Å². The Morgan fingerprint density at radius 3 is 2.62 bits per heavy atom. The van der Waals surface area contributed by atoms with Gasteiger partial charge in [0.05, 0.1) is 0 Å². The van der Waals surface area contributed by atoms with Gasteiger partial charge >= 0.3 is 0 Å². The number of carbonyl (C=O) groups excluding carboxylic acids is 2. The topological polar surface area (TPSA) is 72.2 Å². The van der Waals surface area contributed by atoms with E-state index in [1.807, 2.05) is 24.3 Å². The van der Waals surface area contributed by atoms with Crippen molar-refractivity contribution in [2.24, 2.45) is 0 Å². The van der Waals surface area contributed by atoms with Crippen molar-refractivity contribution >= 4 is 23.3 Å². The fourth-order valence-electron chi connectivity index (χ4n) is 2.53. The smallest absolute Gasteiger partial charge is 0.290 e. The van der Waals surface area contributed by atoms with Gasteiger partial charge in [-0.3, -0.25) is 9.59 Å². The number of hydrogen-bond donors (Lipinski definition) is 1. The van der Waals surface area contributed by atoms with Crippen LogP contribution >= 0.6 is 11.6 Å². The highest BCUT2D eigenvalue weighted by atomic mass is 35.5. The van der Waals surface area contributed by atoms with Crippen molar-refractivity contribution in [1.82, 2.24) is 10.5 Å². The maximum absolute atomic E-state index is 12.3. The molecule has 0 saturated heterocycles. The molecule has 0 saturated carbocycles. The highest BCUT2D eigenvalue weighted by Crippen LogP contribution is 2.22. The zero-order valence-corrected chi connectivity index (χ0v) is 14.9. The van der Waals surface area contributed by atoms with Gasteiger partial charge < -0.3 is 9.84 Å². The Labute approximate surface area is 156 Å². The average molecular weight is 369 g/mol. The summed E-state index contributed by atoms with van der Waals surface area (Å²) < 4.78 is 5.12. The van der Waals surface area contributed by atoms with Crippen LogP contribution in [0.2, 0.25) is 5.02 Å². The van der Waals surface area contributed by atoms with Gasteiger partial charge in [0, 0.05) is 34.7 Å². The Kier molecular flexibility index (Phi) is 5.49. The van der Waals surface area contributed by atoms with Gasteiger partial charge in [0.15, 0.2) is 5.78 Å². The van der Waals surface area contributed by atoms with E-state index in [0.29, 0.717) is 16.3 Å². The molecule has 0 spiro atoms. The van der Waals surface area contributed by atoms with Crippen molar-refractivity contribution < 1.29 is 14.1 Å². The third-order valence-electron chi connectivity index (χ3n) is 3.82. The van der Waals surface area contributed by atoms with E-state index < -0.39 is 5.91 Å². The number of benzene rings is 2. The lowest BCUT2D eigenvalue weighted by atomic mass is 10.0. The van der Waals surface area contributed by atoms with E-state index in [9.17, 15) is 9.59 Å². The van der Waals surface area contributed by atoms with Gasteiger partial charge in [-0.15, -0.1) is 0 Å². The van der Waals surface area contributed by atoms with E-state index in [-0.39, 0.29) is 24.0 Å². The van der Waals surface area contributed by atoms with Gasteiger partial charge in [0.2, 0.25) is 5.76 Å². The lowest BCUT2D eigenvalue weighted by Gasteiger charge is -2.11. The van der Waals surface area contributed by atoms with Gasteiger partial charge in [0.1, 0.15) is 5.69 Å². The molecule has 1 amide bonds. The van der Waals surface area contributed by atoms with Crippen molar-refractivity contribution in [3.8, 4) is 11.3 Å². The van der Waals surface area contributed by atoms with Crippen LogP contribution in [0.5, 0.6) is 0 Å². The molecule has 26 heavy (non-hydrogen) atoms. The van der Waals surface area contributed by atoms with Crippen LogP contribution in [0.4, 0.5) is 0 Å². The van der Waals surface area contributed by atoms with Crippen LogP contribution in [0.15, 0.2) is 65.2 Å². The fraction of sp³-hybridized carbons (Fsp3) is 0.150. The first-order chi connectivity index (χ1) is 12.5. The number of rotatable bonds is 6. The lowest BCUT2D eigenvalue weighted by molar-refractivity contribution is 0.0888. The SMILES string of the molecule is C[C@H](CC(=O)c1ccccc1)NC(=O)c1cc(-c2cccc(Cl)c2)no1. The molecule has 2 aromatic carbocycles. The van der Waals surface area contributed by atoms with Crippen LogP contribution < -0.4 is 5.32 Å². The van der Waals surface area contributed by atoms with Gasteiger partial charge in [-0.05, 0) is 19.1 Å². The van der Waals surface area contributed by atoms with E-state index >= 15 is 0 Å². The average Bonchev–Trinajstić information content (AvgIpc) is 3.12. The molecule has 0 aliphatic heterocycles. The summed E-state index contributed by atoms with van der Waals surface area (Å²) in [5.41, 5.74) is 1.90. The number of hydrogen-bond acceptors (Lipinski definition) is 4. The number of carbonyl (C=O) groups is 2. The Bertz CT molecular complexity index is 922. The summed E-state index contributed by atoms with van der Waals surface area (Å²) >= 11 is 5.96. The zero-order valence-electron chi connectivity index (χ0n) is 14.1. The first-order valence-corrected chi connectivity index (χ1v) is 8.52. The van der Waals surface area contributed by atoms with Crippen molar-refractivity contribution in [1.29, 1.82) is 0 Å². The van der Waals surface area contributed by atoms with Gasteiger partial charge in [-0.2, -0.15) is 0 Å². The molecule has 0 aliphatic carbocycles. The summed E-state index contributed by atoms with van der Waals surface area (Å²) in [5, 5.41) is 7.23. The van der Waals surface area contributed by atoms with E-state index in [0.717, 1.165) is 5.56 Å². The molecule has 3 rings (SSSR count). The third-order valence-corrected chi connectivity index (χ3v) is 4.05. The Hall–Kier alpha value is -2.92. The van der Waals surface area contributed by atoms with Crippen molar-refractivity contribution in [3.05, 3.63) is 77.0 Å². The lowest BCUT2D eigenvalue weighted by Crippen LogP contribution is -2.34. The van der Waals surface area contributed by atoms with Crippen LogP contribution in [0.3, 0.4) is 0 Å². The first-order valence-electron chi connectivity index (χ1n) is 8.14. The largest absolute Gasteiger partial charge is 0.350 e. The molecule has 0 aliphatic rings. The molecular formula is C20H17ClN2O3. The van der Waals surface area contributed by atoms with Crippen LogP contribution in [0.1, 0.15) is 34.3 Å². The number of halogens is 1. The molecule has 1 heterocycles. The van der Waals surface area contributed by atoms with Crippen LogP contribution in [-0.2, 0) is 0 Å². The minimum atomic E-state index is -0.417. The van der Waals surface area contributed by atoms with Crippen molar-refractivity contribution in [3.63, 3.8) is 0 Å². The molecule has 0 radical (unpaired) electrons. The summed E-state index contributed by atoms with van der Waals surface area (Å²) in [4.78, 5) is 24.5. The molecule has 1 atom stereocenters. The monoisotopic (exact) mass is 368 g/mol. The maximum atomic E-state index is 12.3. The quantitative estimate of drug-likeness (QED) is 0.655. The normalized spacial score (nSPS) is 11.8. The molecule has 1 aromatic heterocycles. The minimum absolute atomic E-state index is 0.0319. The second kappa shape index (κ2) is 7.97. The summed E-state index contributed by atoms with van der Waals surface area (Å²) in [6.45, 7) is 1.77. The second-order valence-electron chi connectivity index (χ2n) is 5.95. The maximum Gasteiger partial charge on any atom is 0.290 e. The summed E-state index contributed by atoms with van der Waals surface area (Å²) in [5.74, 6) is -0.367. The van der Waals surface area contributed by atoms with Crippen molar-refractivity contribution in [2.45, 2.75) is 19.4 Å². The molecule has 1 N–H and O–H groups in total. The zero-order chi connectivity index (χ0) is 18.5. The predicted octanol–water partition coefficient (Wildman–Crippen LogP) is 4.39. The third kappa shape index (κ3) is 4.37. The molecule has 6 heteroatoms. The van der Waals surface area contributed by atoms with Crippen molar-refractivity contribution in [2.75, 3.05) is 0 Å². The first kappa shape index (κ1) is 17.9. The molecule has 5 nitrogen and oxygen atoms in total. The summed E-state index contributed by atoms with van der Waals surface area (Å²) in [6.07, 6.45) is 0.199. The predicted molar refractivity (Wildman–Crippen MR) is 99.3 cm³/mol. The molecule has 132 valence electrons. The second-order valence-corrected chi connectivity index (χ2v) is 6.39. The number of Topliss-reactive ketones (excluding diaryl/α,β-unsaturated/α-hetero) is 1. The highest BCUT2D eigenvalue weighted by Gasteiger charge is 2.18. The Balaban J connectivity index is 1.62. The van der Waals surface area contributed by atoms with E-state index in [4.69, 9.17) is 16.1 Å². The standard InChI is InChI=1S/C20H17ClN2O3/c1-13(10-18(24)14-6-3-2-4-7-14)22-20(25)19-12-17(23-26-19)15-8-5-9-16(21)11-15/h2-9,11-13H,10H2,1H3,(H,22,25)/t13-/m1/s1. The van der Waals surface area contributed by atoms with Crippen LogP contribution in [0, 0.1) is 0 Å². The summed E-state index contributed by atoms with van der Waals surface area (Å²) in [6, 6.07) is 17.3. The van der Waals surface area contributed by atoms with E-state index in [1.54, 1.807) is 43.3 Å². The fourth-order valence-corrected chi connectivity index (χ4v) is 2.72. The number of nitrogens with one attached hydrogen (secondary N) is 1. The highest BCUT2D eigenvalue weighted by molar-refractivity contribution is 6.30. The van der Waals surface area contributed by atoms with Crippen LogP contribution in [-0.4, -0.2) is 22.9 Å². The molecular weight excluding hydrogens is 352 g/mol. The minimum Gasteiger partial charge on any atom is -0.350 e. The molecule has 0 bridgehead atoms.